The van der Waals surface area contributed by atoms with Gasteiger partial charge in [0.2, 0.25) is 0 Å². The van der Waals surface area contributed by atoms with E-state index in [0.29, 0.717) is 13.0 Å². The molecule has 1 aliphatic rings. The van der Waals surface area contributed by atoms with Gasteiger partial charge in [0.05, 0.1) is 0 Å². The van der Waals surface area contributed by atoms with E-state index in [2.05, 4.69) is 0 Å². The van der Waals surface area contributed by atoms with E-state index in [1.165, 1.54) is 4.90 Å². The number of rotatable bonds is 1. The van der Waals surface area contributed by atoms with Crippen LogP contribution in [0.3, 0.4) is 0 Å². The summed E-state index contributed by atoms with van der Waals surface area (Å²) in [5.41, 5.74) is 0. The van der Waals surface area contributed by atoms with Crippen LogP contribution in [0.1, 0.15) is 12.8 Å². The van der Waals surface area contributed by atoms with E-state index >= 15 is 0 Å². The molecule has 0 radical (unpaired) electrons. The molecule has 0 aliphatic carbocycles. The Morgan fingerprint density at radius 3 is 2.57 bits per heavy atom. The number of aliphatic carboxylic acids is 1. The second-order valence-electron chi connectivity index (χ2n) is 3.78. The zero-order valence-corrected chi connectivity index (χ0v) is 8.52. The third-order valence-electron chi connectivity index (χ3n) is 2.41. The van der Waals surface area contributed by atoms with Crippen molar-refractivity contribution in [2.24, 2.45) is 5.92 Å². The Balaban J connectivity index is 2.56. The Morgan fingerprint density at radius 1 is 1.43 bits per heavy atom. The summed E-state index contributed by atoms with van der Waals surface area (Å²) >= 11 is 0. The van der Waals surface area contributed by atoms with Crippen molar-refractivity contribution < 1.29 is 14.7 Å². The lowest BCUT2D eigenvalue weighted by Gasteiger charge is -2.34. The van der Waals surface area contributed by atoms with E-state index < -0.39 is 11.9 Å². The van der Waals surface area contributed by atoms with E-state index in [9.17, 15) is 14.7 Å². The Morgan fingerprint density at radius 2 is 2.07 bits per heavy atom. The van der Waals surface area contributed by atoms with E-state index in [1.54, 1.807) is 19.0 Å². The summed E-state index contributed by atoms with van der Waals surface area (Å²) in [6.07, 6.45) is 1.35. The van der Waals surface area contributed by atoms with Gasteiger partial charge in [0.15, 0.2) is 0 Å². The number of urea groups is 1. The highest BCUT2D eigenvalue weighted by atomic mass is 16.4. The fourth-order valence-electron chi connectivity index (χ4n) is 1.63. The fourth-order valence-corrected chi connectivity index (χ4v) is 1.63. The van der Waals surface area contributed by atoms with Crippen LogP contribution in [0, 0.1) is 5.92 Å². The summed E-state index contributed by atoms with van der Waals surface area (Å²) in [7, 11) is 3.32. The molecule has 0 aromatic carbocycles. The molecule has 1 atom stereocenters. The van der Waals surface area contributed by atoms with Gasteiger partial charge in [-0.2, -0.15) is 0 Å². The molecule has 2 amide bonds. The van der Waals surface area contributed by atoms with Gasteiger partial charge in [-0.1, -0.05) is 0 Å². The summed E-state index contributed by atoms with van der Waals surface area (Å²) in [6, 6.07) is -0.129. The number of nitrogens with zero attached hydrogens (tertiary/aromatic N) is 2. The lowest BCUT2D eigenvalue weighted by atomic mass is 9.99. The van der Waals surface area contributed by atoms with Gasteiger partial charge in [0, 0.05) is 39.1 Å². The zero-order valence-electron chi connectivity index (χ0n) is 8.52. The zero-order chi connectivity index (χ0) is 10.7. The van der Waals surface area contributed by atoms with Crippen LogP contribution in [-0.4, -0.2) is 49.0 Å². The van der Waals surface area contributed by atoms with Gasteiger partial charge in [-0.15, -0.1) is 0 Å². The number of carbonyl (C=O) groups excluding carboxylic acids is 2. The molecule has 0 N–H and O–H groups in total. The summed E-state index contributed by atoms with van der Waals surface area (Å²) in [4.78, 5) is 25.1. The van der Waals surface area contributed by atoms with Crippen LogP contribution in [-0.2, 0) is 4.79 Å². The molecular formula is C9H15N2O3-. The topological polar surface area (TPSA) is 63.7 Å². The van der Waals surface area contributed by atoms with Crippen LogP contribution < -0.4 is 5.11 Å². The maximum Gasteiger partial charge on any atom is 0.319 e. The minimum absolute atomic E-state index is 0.129. The standard InChI is InChI=1S/C9H16N2O3/c1-10(2)9(14)11-5-3-4-7(6-11)8(12)13/h7H,3-6H2,1-2H3,(H,12,13)/p-1. The van der Waals surface area contributed by atoms with Crippen molar-refractivity contribution in [3.05, 3.63) is 0 Å². The van der Waals surface area contributed by atoms with Crippen LogP contribution >= 0.6 is 0 Å². The van der Waals surface area contributed by atoms with E-state index in [0.717, 1.165) is 6.42 Å². The monoisotopic (exact) mass is 199 g/mol. The van der Waals surface area contributed by atoms with E-state index in [4.69, 9.17) is 0 Å². The molecule has 1 unspecified atom stereocenters. The highest BCUT2D eigenvalue weighted by Gasteiger charge is 2.24. The molecule has 0 saturated carbocycles. The van der Waals surface area contributed by atoms with Crippen molar-refractivity contribution in [3.63, 3.8) is 0 Å². The minimum atomic E-state index is -1.05. The number of hydrogen-bond donors (Lipinski definition) is 0. The van der Waals surface area contributed by atoms with Crippen molar-refractivity contribution in [2.45, 2.75) is 12.8 Å². The smallest absolute Gasteiger partial charge is 0.319 e. The number of piperidine rings is 1. The molecule has 1 saturated heterocycles. The summed E-state index contributed by atoms with van der Waals surface area (Å²) in [5, 5.41) is 10.6. The average molecular weight is 199 g/mol. The maximum atomic E-state index is 11.5. The molecule has 1 aliphatic heterocycles. The van der Waals surface area contributed by atoms with Crippen LogP contribution in [0.5, 0.6) is 0 Å². The number of carboxylic acids is 1. The van der Waals surface area contributed by atoms with Crippen molar-refractivity contribution in [1.82, 2.24) is 9.80 Å². The molecule has 0 aromatic heterocycles. The van der Waals surface area contributed by atoms with Crippen molar-refractivity contribution in [3.8, 4) is 0 Å². The van der Waals surface area contributed by atoms with E-state index in [1.807, 2.05) is 0 Å². The molecule has 1 rings (SSSR count). The fraction of sp³-hybridized carbons (Fsp3) is 0.778. The molecule has 0 spiro atoms. The summed E-state index contributed by atoms with van der Waals surface area (Å²) in [6.45, 7) is 0.917. The quantitative estimate of drug-likeness (QED) is 0.551. The normalized spacial score (nSPS) is 21.9. The van der Waals surface area contributed by atoms with Gasteiger partial charge in [0.25, 0.3) is 0 Å². The van der Waals surface area contributed by atoms with Gasteiger partial charge < -0.3 is 19.7 Å². The first-order valence-corrected chi connectivity index (χ1v) is 4.69. The predicted molar refractivity (Wildman–Crippen MR) is 48.4 cm³/mol. The van der Waals surface area contributed by atoms with Crippen molar-refractivity contribution in [1.29, 1.82) is 0 Å². The molecule has 14 heavy (non-hydrogen) atoms. The number of hydrogen-bond acceptors (Lipinski definition) is 3. The SMILES string of the molecule is CN(C)C(=O)N1CCCC(C(=O)[O-])C1. The van der Waals surface area contributed by atoms with Crippen LogP contribution in [0.2, 0.25) is 0 Å². The summed E-state index contributed by atoms with van der Waals surface area (Å²) in [5.74, 6) is -1.56. The molecule has 0 bridgehead atoms. The number of carbonyl (C=O) groups is 2. The van der Waals surface area contributed by atoms with E-state index in [-0.39, 0.29) is 12.6 Å². The molecular weight excluding hydrogens is 184 g/mol. The first-order chi connectivity index (χ1) is 6.52. The largest absolute Gasteiger partial charge is 0.550 e. The van der Waals surface area contributed by atoms with Crippen LogP contribution in [0.25, 0.3) is 0 Å². The predicted octanol–water partition coefficient (Wildman–Crippen LogP) is -0.870. The maximum absolute atomic E-state index is 11.5. The number of carboxylic acid groups (broad SMARTS) is 1. The third kappa shape index (κ3) is 2.37. The van der Waals surface area contributed by atoms with Gasteiger partial charge in [-0.25, -0.2) is 4.79 Å². The first kappa shape index (κ1) is 10.8. The molecule has 1 fully saturated rings. The first-order valence-electron chi connectivity index (χ1n) is 4.69. The Labute approximate surface area is 83.3 Å². The van der Waals surface area contributed by atoms with Crippen molar-refractivity contribution in [2.75, 3.05) is 27.2 Å². The second kappa shape index (κ2) is 4.30. The number of amides is 2. The summed E-state index contributed by atoms with van der Waals surface area (Å²) < 4.78 is 0. The Kier molecular flexibility index (Phi) is 3.33. The minimum Gasteiger partial charge on any atom is -0.550 e. The average Bonchev–Trinajstić information content (AvgIpc) is 2.16. The lowest BCUT2D eigenvalue weighted by Crippen LogP contribution is -2.49. The lowest BCUT2D eigenvalue weighted by molar-refractivity contribution is -0.312. The van der Waals surface area contributed by atoms with Crippen LogP contribution in [0.4, 0.5) is 4.79 Å². The van der Waals surface area contributed by atoms with Gasteiger partial charge in [-0.05, 0) is 12.8 Å². The second-order valence-corrected chi connectivity index (χ2v) is 3.78. The van der Waals surface area contributed by atoms with Crippen LogP contribution in [0.15, 0.2) is 0 Å². The molecule has 5 nitrogen and oxygen atoms in total. The molecule has 80 valence electrons. The van der Waals surface area contributed by atoms with Gasteiger partial charge in [-0.3, -0.25) is 0 Å². The molecule has 0 aromatic rings. The molecule has 5 heteroatoms. The van der Waals surface area contributed by atoms with Gasteiger partial charge >= 0.3 is 6.03 Å². The highest BCUT2D eigenvalue weighted by Crippen LogP contribution is 2.16. The Hall–Kier alpha value is -1.26. The Bertz CT molecular complexity index is 240. The van der Waals surface area contributed by atoms with Gasteiger partial charge in [0.1, 0.15) is 0 Å². The number of likely N-dealkylation sites (tertiary alicyclic amines) is 1. The highest BCUT2D eigenvalue weighted by molar-refractivity contribution is 5.75. The van der Waals surface area contributed by atoms with Crippen molar-refractivity contribution >= 4 is 12.0 Å². The third-order valence-corrected chi connectivity index (χ3v) is 2.41. The molecule has 1 heterocycles.